The second-order valence-electron chi connectivity index (χ2n) is 8.53. The van der Waals surface area contributed by atoms with Gasteiger partial charge < -0.3 is 47.6 Å². The zero-order valence-electron chi connectivity index (χ0n) is 20.9. The number of nitrogens with two attached hydrogens (primary N) is 3. The van der Waals surface area contributed by atoms with Gasteiger partial charge >= 0.3 is 17.9 Å². The molecular formula is C26H32N6O7. The minimum atomic E-state index is -1.02. The third-order valence-electron chi connectivity index (χ3n) is 5.44. The molecule has 0 spiro atoms. The first-order valence-electron chi connectivity index (χ1n) is 11.7. The molecule has 12 N–H and O–H groups in total. The molecule has 4 rings (SSSR count). The van der Waals surface area contributed by atoms with Crippen molar-refractivity contribution in [2.24, 2.45) is 17.2 Å². The lowest BCUT2D eigenvalue weighted by Gasteiger charge is -2.05. The Balaban J connectivity index is 0.000000208. The summed E-state index contributed by atoms with van der Waals surface area (Å²) in [6.07, 6.45) is 5.81. The lowest BCUT2D eigenvalue weighted by Crippen LogP contribution is -2.32. The number of aromatic nitrogens is 3. The van der Waals surface area contributed by atoms with Crippen LogP contribution in [0.25, 0.3) is 10.9 Å². The van der Waals surface area contributed by atoms with Crippen LogP contribution in [-0.2, 0) is 33.6 Å². The fourth-order valence-electron chi connectivity index (χ4n) is 3.31. The van der Waals surface area contributed by atoms with Crippen LogP contribution >= 0.6 is 0 Å². The smallest absolute Gasteiger partial charge is 0.320 e. The molecule has 0 aliphatic heterocycles. The number of rotatable bonds is 9. The number of H-pyrrole nitrogens is 2. The van der Waals surface area contributed by atoms with E-state index in [1.54, 1.807) is 18.3 Å². The molecule has 0 fully saturated rings. The molecular weight excluding hydrogens is 508 g/mol. The van der Waals surface area contributed by atoms with Gasteiger partial charge in [0.15, 0.2) is 0 Å². The summed E-state index contributed by atoms with van der Waals surface area (Å²) < 4.78 is 0. The maximum atomic E-state index is 10.6. The Morgan fingerprint density at radius 3 is 1.90 bits per heavy atom. The number of aromatic hydroxyl groups is 1. The molecule has 13 nitrogen and oxygen atoms in total. The first-order valence-corrected chi connectivity index (χ1v) is 11.7. The SMILES string of the molecule is NC(Cc1c[nH]c2ccccc12)C(=O)O.NC(Cc1c[nH]cn1)C(=O)O.NC(Cc1ccc(O)cc1)C(=O)O. The van der Waals surface area contributed by atoms with Gasteiger partial charge in [0, 0.05) is 36.1 Å². The van der Waals surface area contributed by atoms with E-state index in [9.17, 15) is 14.4 Å². The van der Waals surface area contributed by atoms with Crippen molar-refractivity contribution in [2.75, 3.05) is 0 Å². The standard InChI is InChI=1S/C11H12N2O2.C9H11NO3.C6H9N3O2/c12-9(11(14)15)5-7-6-13-10-4-2-1-3-8(7)10;10-8(9(12)13)5-6-1-3-7(11)4-2-6;7-5(6(10)11)1-4-2-8-3-9-4/h1-4,6,9,13H,5,12H2,(H,14,15);1-4,8,11H,5,10H2,(H,12,13);2-3,5H,1,7H2,(H,8,9)(H,10,11). The van der Waals surface area contributed by atoms with Gasteiger partial charge in [-0.2, -0.15) is 0 Å². The number of nitrogens with zero attached hydrogens (tertiary/aromatic N) is 1. The predicted molar refractivity (Wildman–Crippen MR) is 143 cm³/mol. The Labute approximate surface area is 223 Å². The number of carboxylic acids is 3. The molecule has 0 saturated carbocycles. The average Bonchev–Trinajstić information content (AvgIpc) is 3.56. The van der Waals surface area contributed by atoms with E-state index >= 15 is 0 Å². The Hall–Kier alpha value is -4.72. The van der Waals surface area contributed by atoms with Crippen molar-refractivity contribution in [3.63, 3.8) is 0 Å². The fraction of sp³-hybridized carbons (Fsp3) is 0.231. The largest absolute Gasteiger partial charge is 0.508 e. The molecule has 2 aromatic carbocycles. The Morgan fingerprint density at radius 2 is 1.33 bits per heavy atom. The summed E-state index contributed by atoms with van der Waals surface area (Å²) in [4.78, 5) is 40.9. The number of aliphatic carboxylic acids is 3. The average molecular weight is 541 g/mol. The number of phenolic OH excluding ortho intramolecular Hbond substituents is 1. The summed E-state index contributed by atoms with van der Waals surface area (Å²) in [5.74, 6) is -2.84. The van der Waals surface area contributed by atoms with Crippen LogP contribution in [0.3, 0.4) is 0 Å². The molecule has 4 aromatic rings. The van der Waals surface area contributed by atoms with Gasteiger partial charge in [0.1, 0.15) is 23.9 Å². The van der Waals surface area contributed by atoms with Crippen molar-refractivity contribution < 1.29 is 34.8 Å². The summed E-state index contributed by atoms with van der Waals surface area (Å²) in [5.41, 5.74) is 19.5. The number of para-hydroxylation sites is 1. The molecule has 2 aromatic heterocycles. The van der Waals surface area contributed by atoms with Crippen LogP contribution in [0.1, 0.15) is 16.8 Å². The van der Waals surface area contributed by atoms with Crippen molar-refractivity contribution in [3.05, 3.63) is 84.1 Å². The molecule has 0 aliphatic rings. The highest BCUT2D eigenvalue weighted by atomic mass is 16.4. The number of aromatic amines is 2. The summed E-state index contributed by atoms with van der Waals surface area (Å²) in [6.45, 7) is 0. The van der Waals surface area contributed by atoms with Crippen LogP contribution in [0.15, 0.2) is 67.3 Å². The maximum Gasteiger partial charge on any atom is 0.320 e. The molecule has 0 bridgehead atoms. The molecule has 3 atom stereocenters. The van der Waals surface area contributed by atoms with Crippen LogP contribution < -0.4 is 17.2 Å². The highest BCUT2D eigenvalue weighted by molar-refractivity contribution is 5.84. The zero-order chi connectivity index (χ0) is 28.9. The maximum absolute atomic E-state index is 10.6. The van der Waals surface area contributed by atoms with Gasteiger partial charge in [0.25, 0.3) is 0 Å². The number of carboxylic acid groups (broad SMARTS) is 3. The number of carbonyl (C=O) groups is 3. The van der Waals surface area contributed by atoms with E-state index in [4.69, 9.17) is 37.6 Å². The summed E-state index contributed by atoms with van der Waals surface area (Å²) in [6, 6.07) is 11.5. The predicted octanol–water partition coefficient (Wildman–Crippen LogP) is 0.833. The highest BCUT2D eigenvalue weighted by Crippen LogP contribution is 2.18. The topological polar surface area (TPSA) is 255 Å². The van der Waals surface area contributed by atoms with Crippen molar-refractivity contribution in [1.29, 1.82) is 0 Å². The molecule has 0 saturated heterocycles. The van der Waals surface area contributed by atoms with Crippen molar-refractivity contribution in [3.8, 4) is 5.75 Å². The molecule has 0 aliphatic carbocycles. The van der Waals surface area contributed by atoms with Crippen molar-refractivity contribution >= 4 is 28.8 Å². The number of phenols is 1. The third-order valence-corrected chi connectivity index (χ3v) is 5.44. The zero-order valence-corrected chi connectivity index (χ0v) is 20.9. The van der Waals surface area contributed by atoms with Gasteiger partial charge in [-0.3, -0.25) is 14.4 Å². The second-order valence-corrected chi connectivity index (χ2v) is 8.53. The van der Waals surface area contributed by atoms with Crippen molar-refractivity contribution in [1.82, 2.24) is 15.0 Å². The number of benzene rings is 2. The highest BCUT2D eigenvalue weighted by Gasteiger charge is 2.15. The van der Waals surface area contributed by atoms with Gasteiger partial charge in [0.05, 0.1) is 12.0 Å². The fourth-order valence-corrected chi connectivity index (χ4v) is 3.31. The minimum Gasteiger partial charge on any atom is -0.508 e. The van der Waals surface area contributed by atoms with Gasteiger partial charge in [-0.1, -0.05) is 30.3 Å². The molecule has 208 valence electrons. The van der Waals surface area contributed by atoms with Crippen LogP contribution in [-0.4, -0.2) is 71.4 Å². The second kappa shape index (κ2) is 14.9. The van der Waals surface area contributed by atoms with E-state index in [1.165, 1.54) is 18.5 Å². The first-order chi connectivity index (χ1) is 18.5. The van der Waals surface area contributed by atoms with Gasteiger partial charge in [0.2, 0.25) is 0 Å². The monoisotopic (exact) mass is 540 g/mol. The quantitative estimate of drug-likeness (QED) is 0.144. The van der Waals surface area contributed by atoms with Gasteiger partial charge in [-0.25, -0.2) is 4.98 Å². The molecule has 39 heavy (non-hydrogen) atoms. The first kappa shape index (κ1) is 30.5. The number of fused-ring (bicyclic) bond motifs is 1. The number of hydrogen-bond acceptors (Lipinski definition) is 8. The van der Waals surface area contributed by atoms with Gasteiger partial charge in [-0.05, 0) is 35.7 Å². The normalized spacial score (nSPS) is 12.7. The van der Waals surface area contributed by atoms with E-state index in [2.05, 4.69) is 15.0 Å². The van der Waals surface area contributed by atoms with Crippen LogP contribution in [0.2, 0.25) is 0 Å². The van der Waals surface area contributed by atoms with Crippen molar-refractivity contribution in [2.45, 2.75) is 37.4 Å². The molecule has 13 heteroatoms. The summed E-state index contributed by atoms with van der Waals surface area (Å²) >= 11 is 0. The Kier molecular flexibility index (Phi) is 11.6. The van der Waals surface area contributed by atoms with E-state index in [1.807, 2.05) is 30.5 Å². The Morgan fingerprint density at radius 1 is 0.769 bits per heavy atom. The molecule has 2 heterocycles. The molecule has 0 radical (unpaired) electrons. The molecule has 0 amide bonds. The van der Waals surface area contributed by atoms with Crippen LogP contribution in [0, 0.1) is 0 Å². The van der Waals surface area contributed by atoms with Gasteiger partial charge in [-0.15, -0.1) is 0 Å². The molecule has 3 unspecified atom stereocenters. The Bertz CT molecular complexity index is 1340. The minimum absolute atomic E-state index is 0.160. The van der Waals surface area contributed by atoms with E-state index in [-0.39, 0.29) is 18.6 Å². The summed E-state index contributed by atoms with van der Waals surface area (Å²) in [5, 5.41) is 35.6. The number of hydrogen-bond donors (Lipinski definition) is 9. The lowest BCUT2D eigenvalue weighted by molar-refractivity contribution is -0.139. The van der Waals surface area contributed by atoms with Crippen LogP contribution in [0.4, 0.5) is 0 Å². The number of nitrogens with one attached hydrogen (secondary N) is 2. The lowest BCUT2D eigenvalue weighted by atomic mass is 10.1. The van der Waals surface area contributed by atoms with E-state index < -0.39 is 36.0 Å². The van der Waals surface area contributed by atoms with Crippen LogP contribution in [0.5, 0.6) is 5.75 Å². The summed E-state index contributed by atoms with van der Waals surface area (Å²) in [7, 11) is 0. The third kappa shape index (κ3) is 10.3. The van der Waals surface area contributed by atoms with E-state index in [0.29, 0.717) is 12.1 Å². The van der Waals surface area contributed by atoms with E-state index in [0.717, 1.165) is 22.0 Å². The number of imidazole rings is 1.